The van der Waals surface area contributed by atoms with Crippen molar-refractivity contribution in [2.75, 3.05) is 0 Å². The Morgan fingerprint density at radius 2 is 1.38 bits per heavy atom. The van der Waals surface area contributed by atoms with Crippen molar-refractivity contribution >= 4 is 0 Å². The largest absolute Gasteiger partial charge is 0.467 e. The maximum absolute atomic E-state index is 9.00. The minimum absolute atomic E-state index is 0.388. The third-order valence-electron chi connectivity index (χ3n) is 1.33. The van der Waals surface area contributed by atoms with Crippen LogP contribution in [-0.2, 0) is 4.74 Å². The Hall–Kier alpha value is -0.800. The summed E-state index contributed by atoms with van der Waals surface area (Å²) in [7, 11) is 0. The molecule has 76 valence electrons. The summed E-state index contributed by atoms with van der Waals surface area (Å²) in [5.74, 6) is 0.946. The Morgan fingerprint density at radius 3 is 1.62 bits per heavy atom. The van der Waals surface area contributed by atoms with Gasteiger partial charge in [-0.15, -0.1) is 0 Å². The first-order chi connectivity index (χ1) is 5.91. The molecule has 3 nitrogen and oxygen atoms in total. The molecule has 0 aromatic carbocycles. The summed E-state index contributed by atoms with van der Waals surface area (Å²) in [4.78, 5) is 0. The van der Waals surface area contributed by atoms with Crippen LogP contribution in [0.15, 0.2) is 24.7 Å². The molecule has 0 saturated heterocycles. The summed E-state index contributed by atoms with van der Waals surface area (Å²) in [6.07, 6.45) is -0.156. The van der Waals surface area contributed by atoms with E-state index in [9.17, 15) is 0 Å². The van der Waals surface area contributed by atoms with Crippen molar-refractivity contribution in [2.24, 2.45) is 0 Å². The second kappa shape index (κ2) is 5.78. The standard InChI is InChI=1S/C10H18O3/c1-7(11)5-9(3)13-10(4)6-8(2)12/h7-8,11-12H,3-6H2,1-2H3. The summed E-state index contributed by atoms with van der Waals surface area (Å²) < 4.78 is 5.16. The molecule has 0 bridgehead atoms. The molecule has 2 atom stereocenters. The van der Waals surface area contributed by atoms with Gasteiger partial charge in [-0.1, -0.05) is 13.2 Å². The van der Waals surface area contributed by atoms with E-state index in [0.717, 1.165) is 0 Å². The van der Waals surface area contributed by atoms with Gasteiger partial charge in [0.05, 0.1) is 23.7 Å². The first kappa shape index (κ1) is 12.2. The summed E-state index contributed by atoms with van der Waals surface area (Å²) in [5.41, 5.74) is 0. The molecule has 0 rings (SSSR count). The van der Waals surface area contributed by atoms with Crippen molar-refractivity contribution in [3.63, 3.8) is 0 Å². The second-order valence-corrected chi connectivity index (χ2v) is 3.29. The average molecular weight is 186 g/mol. The first-order valence-corrected chi connectivity index (χ1v) is 4.31. The molecule has 2 unspecified atom stereocenters. The highest BCUT2D eigenvalue weighted by molar-refractivity contribution is 4.95. The molecule has 13 heavy (non-hydrogen) atoms. The minimum Gasteiger partial charge on any atom is -0.467 e. The van der Waals surface area contributed by atoms with E-state index >= 15 is 0 Å². The van der Waals surface area contributed by atoms with Gasteiger partial charge in [-0.3, -0.25) is 0 Å². The molecule has 0 aliphatic rings. The van der Waals surface area contributed by atoms with Gasteiger partial charge in [0.2, 0.25) is 0 Å². The highest BCUT2D eigenvalue weighted by atomic mass is 16.5. The number of hydrogen-bond donors (Lipinski definition) is 2. The number of ether oxygens (including phenoxy) is 1. The molecule has 0 aliphatic carbocycles. The van der Waals surface area contributed by atoms with E-state index in [0.29, 0.717) is 24.4 Å². The van der Waals surface area contributed by atoms with Crippen molar-refractivity contribution < 1.29 is 14.9 Å². The third kappa shape index (κ3) is 7.56. The Kier molecular flexibility index (Phi) is 5.42. The summed E-state index contributed by atoms with van der Waals surface area (Å²) in [6, 6.07) is 0. The fourth-order valence-electron chi connectivity index (χ4n) is 0.946. The van der Waals surface area contributed by atoms with Crippen molar-refractivity contribution in [1.29, 1.82) is 0 Å². The van der Waals surface area contributed by atoms with Gasteiger partial charge in [-0.05, 0) is 13.8 Å². The molecule has 2 N–H and O–H groups in total. The molecule has 0 radical (unpaired) electrons. The monoisotopic (exact) mass is 186 g/mol. The minimum atomic E-state index is -0.466. The normalized spacial score (nSPS) is 14.8. The van der Waals surface area contributed by atoms with Crippen LogP contribution in [0.3, 0.4) is 0 Å². The van der Waals surface area contributed by atoms with E-state index < -0.39 is 12.2 Å². The van der Waals surface area contributed by atoms with E-state index in [1.165, 1.54) is 0 Å². The van der Waals surface area contributed by atoms with Gasteiger partial charge in [0.15, 0.2) is 0 Å². The van der Waals surface area contributed by atoms with Gasteiger partial charge in [0.1, 0.15) is 0 Å². The fourth-order valence-corrected chi connectivity index (χ4v) is 0.946. The van der Waals surface area contributed by atoms with Crippen LogP contribution in [0, 0.1) is 0 Å². The average Bonchev–Trinajstić information content (AvgIpc) is 1.80. The molecule has 0 saturated carbocycles. The molecule has 0 fully saturated rings. The lowest BCUT2D eigenvalue weighted by atomic mass is 10.2. The molecule has 0 heterocycles. The highest BCUT2D eigenvalue weighted by Crippen LogP contribution is 2.13. The van der Waals surface area contributed by atoms with Crippen LogP contribution in [-0.4, -0.2) is 22.4 Å². The maximum atomic E-state index is 9.00. The maximum Gasteiger partial charge on any atom is 0.0989 e. The number of rotatable bonds is 6. The zero-order valence-electron chi connectivity index (χ0n) is 8.29. The van der Waals surface area contributed by atoms with E-state index in [1.807, 2.05) is 0 Å². The SMILES string of the molecule is C=C(CC(C)O)OC(=C)CC(C)O. The van der Waals surface area contributed by atoms with Crippen LogP contribution in [0.1, 0.15) is 26.7 Å². The van der Waals surface area contributed by atoms with E-state index in [4.69, 9.17) is 14.9 Å². The lowest BCUT2D eigenvalue weighted by molar-refractivity contribution is 0.146. The molecular weight excluding hydrogens is 168 g/mol. The smallest absolute Gasteiger partial charge is 0.0989 e. The van der Waals surface area contributed by atoms with Crippen molar-refractivity contribution in [1.82, 2.24) is 0 Å². The molecule has 0 aliphatic heterocycles. The predicted octanol–water partition coefficient (Wildman–Crippen LogP) is 1.57. The van der Waals surface area contributed by atoms with Gasteiger partial charge in [0.25, 0.3) is 0 Å². The van der Waals surface area contributed by atoms with Gasteiger partial charge in [-0.25, -0.2) is 0 Å². The van der Waals surface area contributed by atoms with Gasteiger partial charge < -0.3 is 14.9 Å². The van der Waals surface area contributed by atoms with Gasteiger partial charge in [-0.2, -0.15) is 0 Å². The molecule has 0 aromatic rings. The van der Waals surface area contributed by atoms with Crippen LogP contribution < -0.4 is 0 Å². The summed E-state index contributed by atoms with van der Waals surface area (Å²) >= 11 is 0. The lowest BCUT2D eigenvalue weighted by Gasteiger charge is -2.13. The summed E-state index contributed by atoms with van der Waals surface area (Å²) in [6.45, 7) is 10.6. The van der Waals surface area contributed by atoms with Crippen LogP contribution >= 0.6 is 0 Å². The molecule has 3 heteroatoms. The third-order valence-corrected chi connectivity index (χ3v) is 1.33. The topological polar surface area (TPSA) is 49.7 Å². The van der Waals surface area contributed by atoms with Crippen LogP contribution in [0.2, 0.25) is 0 Å². The first-order valence-electron chi connectivity index (χ1n) is 4.31. The lowest BCUT2D eigenvalue weighted by Crippen LogP contribution is -2.06. The molecule has 0 amide bonds. The Balaban J connectivity index is 3.72. The van der Waals surface area contributed by atoms with Crippen LogP contribution in [0.5, 0.6) is 0 Å². The quantitative estimate of drug-likeness (QED) is 0.619. The van der Waals surface area contributed by atoms with E-state index in [1.54, 1.807) is 13.8 Å². The van der Waals surface area contributed by atoms with Crippen molar-refractivity contribution in [2.45, 2.75) is 38.9 Å². The molecule has 0 spiro atoms. The highest BCUT2D eigenvalue weighted by Gasteiger charge is 2.05. The Labute approximate surface area is 79.3 Å². The Bertz CT molecular complexity index is 163. The van der Waals surface area contributed by atoms with Crippen LogP contribution in [0.25, 0.3) is 0 Å². The molecular formula is C10H18O3. The predicted molar refractivity (Wildman–Crippen MR) is 52.0 cm³/mol. The van der Waals surface area contributed by atoms with Crippen molar-refractivity contribution in [3.05, 3.63) is 24.7 Å². The Morgan fingerprint density at radius 1 is 1.08 bits per heavy atom. The van der Waals surface area contributed by atoms with Gasteiger partial charge in [0, 0.05) is 12.8 Å². The zero-order valence-corrected chi connectivity index (χ0v) is 8.29. The van der Waals surface area contributed by atoms with Crippen molar-refractivity contribution in [3.8, 4) is 0 Å². The summed E-state index contributed by atoms with van der Waals surface area (Å²) in [5, 5.41) is 18.0. The van der Waals surface area contributed by atoms with Gasteiger partial charge >= 0.3 is 0 Å². The number of aliphatic hydroxyl groups is 2. The number of aliphatic hydroxyl groups excluding tert-OH is 2. The van der Waals surface area contributed by atoms with Crippen LogP contribution in [0.4, 0.5) is 0 Å². The van der Waals surface area contributed by atoms with E-state index in [2.05, 4.69) is 13.2 Å². The molecule has 0 aromatic heterocycles. The number of hydrogen-bond acceptors (Lipinski definition) is 3. The fraction of sp³-hybridized carbons (Fsp3) is 0.600. The van der Waals surface area contributed by atoms with E-state index in [-0.39, 0.29) is 0 Å². The second-order valence-electron chi connectivity index (χ2n) is 3.29. The zero-order chi connectivity index (χ0) is 10.4.